The number of hydrogen-bond donors (Lipinski definition) is 2. The third-order valence-corrected chi connectivity index (χ3v) is 3.66. The van der Waals surface area contributed by atoms with Crippen LogP contribution < -0.4 is 29.6 Å². The van der Waals surface area contributed by atoms with Crippen LogP contribution in [0.2, 0.25) is 0 Å². The average molecular weight is 413 g/mol. The molecule has 0 aliphatic carbocycles. The number of hydrogen-bond acceptors (Lipinski definition) is 6. The third-order valence-electron chi connectivity index (χ3n) is 3.66. The lowest BCUT2D eigenvalue weighted by atomic mass is 10.2. The van der Waals surface area contributed by atoms with Gasteiger partial charge in [0.25, 0.3) is 0 Å². The molecule has 0 radical (unpaired) electrons. The molecule has 3 rings (SSSR count). The number of rotatable bonds is 8. The largest absolute Gasteiger partial charge is 0.492 e. The molecule has 0 atom stereocenters. The van der Waals surface area contributed by atoms with Crippen LogP contribution >= 0.6 is 0 Å². The summed E-state index contributed by atoms with van der Waals surface area (Å²) in [7, 11) is 0. The number of alkyl halides is 3. The maximum Gasteiger partial charge on any atom is 0.422 e. The van der Waals surface area contributed by atoms with Crippen molar-refractivity contribution in [1.82, 2.24) is 15.6 Å². The Kier molecular flexibility index (Phi) is 6.47. The van der Waals surface area contributed by atoms with Crippen LogP contribution in [0.5, 0.6) is 23.1 Å². The van der Waals surface area contributed by atoms with Gasteiger partial charge in [-0.15, -0.1) is 0 Å². The highest BCUT2D eigenvalue weighted by molar-refractivity contribution is 5.73. The maximum absolute atomic E-state index is 12.3. The van der Waals surface area contributed by atoms with Gasteiger partial charge >= 0.3 is 12.2 Å². The third kappa shape index (κ3) is 6.33. The number of fused-ring (bicyclic) bond motifs is 1. The molecule has 8 nitrogen and oxygen atoms in total. The zero-order valence-electron chi connectivity index (χ0n) is 15.1. The van der Waals surface area contributed by atoms with E-state index in [2.05, 4.69) is 20.4 Å². The predicted molar refractivity (Wildman–Crippen MR) is 94.1 cm³/mol. The van der Waals surface area contributed by atoms with Gasteiger partial charge in [0.05, 0.1) is 6.54 Å². The van der Waals surface area contributed by atoms with E-state index >= 15 is 0 Å². The topological polar surface area (TPSA) is 90.9 Å². The summed E-state index contributed by atoms with van der Waals surface area (Å²) in [6.45, 7) is -0.915. The zero-order chi connectivity index (χ0) is 20.7. The number of urea groups is 1. The van der Waals surface area contributed by atoms with Gasteiger partial charge in [0.1, 0.15) is 12.4 Å². The molecule has 29 heavy (non-hydrogen) atoms. The molecule has 0 spiro atoms. The first-order valence-electron chi connectivity index (χ1n) is 8.58. The molecule has 1 aliphatic rings. The first-order valence-corrected chi connectivity index (χ1v) is 8.58. The summed E-state index contributed by atoms with van der Waals surface area (Å²) < 4.78 is 57.5. The highest BCUT2D eigenvalue weighted by Gasteiger charge is 2.29. The minimum atomic E-state index is -4.47. The standard InChI is InChI=1S/C18H18F3N3O5/c19-18(20,21)10-27-16-12(2-1-5-22-16)9-24-17(25)23-6-7-26-13-3-4-14-15(8-13)29-11-28-14/h1-5,8H,6-7,9-11H2,(H2,23,24,25). The fourth-order valence-electron chi connectivity index (χ4n) is 2.38. The molecule has 156 valence electrons. The van der Waals surface area contributed by atoms with Gasteiger partial charge in [-0.1, -0.05) is 6.07 Å². The molecule has 0 saturated heterocycles. The molecule has 2 N–H and O–H groups in total. The lowest BCUT2D eigenvalue weighted by molar-refractivity contribution is -0.154. The van der Waals surface area contributed by atoms with Crippen LogP contribution in [0, 0.1) is 0 Å². The van der Waals surface area contributed by atoms with Crippen molar-refractivity contribution in [3.8, 4) is 23.1 Å². The van der Waals surface area contributed by atoms with Crippen molar-refractivity contribution in [3.63, 3.8) is 0 Å². The number of pyridine rings is 1. The Labute approximate surface area is 163 Å². The number of nitrogens with zero attached hydrogens (tertiary/aromatic N) is 1. The summed E-state index contributed by atoms with van der Waals surface area (Å²) >= 11 is 0. The average Bonchev–Trinajstić information content (AvgIpc) is 3.16. The summed E-state index contributed by atoms with van der Waals surface area (Å²) in [6, 6.07) is 7.68. The number of carbonyl (C=O) groups is 1. The normalized spacial score (nSPS) is 12.4. The van der Waals surface area contributed by atoms with Crippen molar-refractivity contribution < 1.29 is 36.9 Å². The smallest absolute Gasteiger partial charge is 0.422 e. The molecule has 1 aromatic carbocycles. The van der Waals surface area contributed by atoms with E-state index in [1.54, 1.807) is 18.2 Å². The molecular weight excluding hydrogens is 395 g/mol. The number of carbonyl (C=O) groups excluding carboxylic acids is 1. The lowest BCUT2D eigenvalue weighted by Crippen LogP contribution is -2.37. The minimum Gasteiger partial charge on any atom is -0.492 e. The molecular formula is C18H18F3N3O5. The Morgan fingerprint density at radius 2 is 1.97 bits per heavy atom. The number of amides is 2. The van der Waals surface area contributed by atoms with Gasteiger partial charge in [-0.05, 0) is 18.2 Å². The monoisotopic (exact) mass is 413 g/mol. The summed E-state index contributed by atoms with van der Waals surface area (Å²) in [5.74, 6) is 1.62. The molecule has 1 aliphatic heterocycles. The second kappa shape index (κ2) is 9.22. The van der Waals surface area contributed by atoms with Crippen molar-refractivity contribution in [2.75, 3.05) is 26.6 Å². The van der Waals surface area contributed by atoms with Crippen LogP contribution in [0.3, 0.4) is 0 Å². The van der Waals surface area contributed by atoms with Crippen LogP contribution in [0.1, 0.15) is 5.56 Å². The van der Waals surface area contributed by atoms with Crippen LogP contribution in [-0.2, 0) is 6.54 Å². The Bertz CT molecular complexity index is 848. The Hall–Kier alpha value is -3.37. The number of ether oxygens (including phenoxy) is 4. The van der Waals surface area contributed by atoms with E-state index in [1.807, 2.05) is 0 Å². The van der Waals surface area contributed by atoms with Gasteiger partial charge in [0.2, 0.25) is 12.7 Å². The SMILES string of the molecule is O=C(NCCOc1ccc2c(c1)OCO2)NCc1cccnc1OCC(F)(F)F. The number of nitrogens with one attached hydrogen (secondary N) is 2. The predicted octanol–water partition coefficient (Wildman–Crippen LogP) is 2.63. The summed E-state index contributed by atoms with van der Waals surface area (Å²) in [5.41, 5.74) is 0.323. The lowest BCUT2D eigenvalue weighted by Gasteiger charge is -2.13. The highest BCUT2D eigenvalue weighted by Crippen LogP contribution is 2.34. The van der Waals surface area contributed by atoms with Crippen molar-refractivity contribution in [2.45, 2.75) is 12.7 Å². The maximum atomic E-state index is 12.3. The number of benzene rings is 1. The molecule has 2 aromatic rings. The van der Waals surface area contributed by atoms with E-state index in [0.29, 0.717) is 22.8 Å². The van der Waals surface area contributed by atoms with Crippen molar-refractivity contribution in [3.05, 3.63) is 42.1 Å². The van der Waals surface area contributed by atoms with E-state index in [0.717, 1.165) is 0 Å². The highest BCUT2D eigenvalue weighted by atomic mass is 19.4. The van der Waals surface area contributed by atoms with E-state index in [1.165, 1.54) is 18.3 Å². The molecule has 0 unspecified atom stereocenters. The van der Waals surface area contributed by atoms with Gasteiger partial charge < -0.3 is 29.6 Å². The Morgan fingerprint density at radius 1 is 1.14 bits per heavy atom. The molecule has 1 aromatic heterocycles. The van der Waals surface area contributed by atoms with Crippen molar-refractivity contribution in [2.24, 2.45) is 0 Å². The first kappa shape index (κ1) is 20.4. The number of aromatic nitrogens is 1. The van der Waals surface area contributed by atoms with Crippen LogP contribution in [0.4, 0.5) is 18.0 Å². The summed E-state index contributed by atoms with van der Waals surface area (Å²) in [4.78, 5) is 15.6. The van der Waals surface area contributed by atoms with Crippen molar-refractivity contribution >= 4 is 6.03 Å². The van der Waals surface area contributed by atoms with Gasteiger partial charge in [0, 0.05) is 24.4 Å². The molecule has 2 heterocycles. The fraction of sp³-hybridized carbons (Fsp3) is 0.333. The van der Waals surface area contributed by atoms with Gasteiger partial charge in [-0.3, -0.25) is 0 Å². The summed E-state index contributed by atoms with van der Waals surface area (Å²) in [6.07, 6.45) is -3.17. The summed E-state index contributed by atoms with van der Waals surface area (Å²) in [5, 5.41) is 5.10. The molecule has 0 fully saturated rings. The van der Waals surface area contributed by atoms with Crippen LogP contribution in [0.25, 0.3) is 0 Å². The molecule has 2 amide bonds. The molecule has 0 bridgehead atoms. The second-order valence-corrected chi connectivity index (χ2v) is 5.84. The number of halogens is 3. The van der Waals surface area contributed by atoms with Gasteiger partial charge in [-0.2, -0.15) is 13.2 Å². The molecule has 0 saturated carbocycles. The first-order chi connectivity index (χ1) is 13.9. The van der Waals surface area contributed by atoms with E-state index in [4.69, 9.17) is 14.2 Å². The van der Waals surface area contributed by atoms with E-state index in [-0.39, 0.29) is 32.4 Å². The zero-order valence-corrected chi connectivity index (χ0v) is 15.1. The second-order valence-electron chi connectivity index (χ2n) is 5.84. The minimum absolute atomic E-state index is 0.0458. The quantitative estimate of drug-likeness (QED) is 0.647. The fourth-order valence-corrected chi connectivity index (χ4v) is 2.38. The molecule has 11 heteroatoms. The van der Waals surface area contributed by atoms with E-state index in [9.17, 15) is 18.0 Å². The van der Waals surface area contributed by atoms with Gasteiger partial charge in [0.15, 0.2) is 18.1 Å². The van der Waals surface area contributed by atoms with Crippen molar-refractivity contribution in [1.29, 1.82) is 0 Å². The van der Waals surface area contributed by atoms with E-state index < -0.39 is 18.8 Å². The van der Waals surface area contributed by atoms with Crippen LogP contribution in [0.15, 0.2) is 36.5 Å². The Balaban J connectivity index is 1.38. The van der Waals surface area contributed by atoms with Crippen LogP contribution in [-0.4, -0.2) is 43.7 Å². The Morgan fingerprint density at radius 3 is 2.79 bits per heavy atom. The van der Waals surface area contributed by atoms with Gasteiger partial charge in [-0.25, -0.2) is 9.78 Å².